The maximum atomic E-state index is 12.2. The standard InChI is InChI=1S/C17H16N4O3S/c1-23-12-4-6-15(24-2)11(7-12)9-18-21-16(22)10-3-5-13-14(8-10)20-17(25)19-13/h3-9H,1-2H3,(H,21,22)(H2,19,20,25)/b18-9-. The van der Waals surface area contributed by atoms with Gasteiger partial charge in [-0.3, -0.25) is 4.79 Å². The van der Waals surface area contributed by atoms with Gasteiger partial charge in [0.15, 0.2) is 4.77 Å². The molecule has 0 aliphatic rings. The van der Waals surface area contributed by atoms with E-state index in [-0.39, 0.29) is 5.91 Å². The number of imidazole rings is 1. The number of carbonyl (C=O) groups is 1. The van der Waals surface area contributed by atoms with Crippen LogP contribution in [0.5, 0.6) is 11.5 Å². The third kappa shape index (κ3) is 3.69. The van der Waals surface area contributed by atoms with E-state index in [9.17, 15) is 4.79 Å². The van der Waals surface area contributed by atoms with Gasteiger partial charge >= 0.3 is 0 Å². The molecular formula is C17H16N4O3S. The molecule has 0 aliphatic carbocycles. The van der Waals surface area contributed by atoms with Gasteiger partial charge in [0.1, 0.15) is 11.5 Å². The van der Waals surface area contributed by atoms with Crippen LogP contribution < -0.4 is 14.9 Å². The topological polar surface area (TPSA) is 91.5 Å². The average Bonchev–Trinajstić information content (AvgIpc) is 3.00. The zero-order chi connectivity index (χ0) is 17.8. The largest absolute Gasteiger partial charge is 0.497 e. The molecule has 0 unspecified atom stereocenters. The van der Waals surface area contributed by atoms with Gasteiger partial charge in [-0.2, -0.15) is 5.10 Å². The fraction of sp³-hybridized carbons (Fsp3) is 0.118. The maximum absolute atomic E-state index is 12.2. The molecule has 3 N–H and O–H groups in total. The van der Waals surface area contributed by atoms with E-state index in [0.29, 0.717) is 27.4 Å². The highest BCUT2D eigenvalue weighted by atomic mass is 32.1. The minimum atomic E-state index is -0.333. The predicted octanol–water partition coefficient (Wildman–Crippen LogP) is 3.01. The molecule has 128 valence electrons. The van der Waals surface area contributed by atoms with Crippen molar-refractivity contribution in [2.75, 3.05) is 14.2 Å². The summed E-state index contributed by atoms with van der Waals surface area (Å²) in [6.07, 6.45) is 1.50. The highest BCUT2D eigenvalue weighted by molar-refractivity contribution is 7.71. The number of carbonyl (C=O) groups excluding carboxylic acids is 1. The summed E-state index contributed by atoms with van der Waals surface area (Å²) in [6.45, 7) is 0. The van der Waals surface area contributed by atoms with Crippen molar-refractivity contribution in [3.63, 3.8) is 0 Å². The van der Waals surface area contributed by atoms with Crippen LogP contribution >= 0.6 is 12.2 Å². The Kier molecular flexibility index (Phi) is 4.80. The number of nitrogens with zero attached hydrogens (tertiary/aromatic N) is 1. The van der Waals surface area contributed by atoms with Gasteiger partial charge in [0.25, 0.3) is 5.91 Å². The van der Waals surface area contributed by atoms with Gasteiger partial charge in [0.2, 0.25) is 0 Å². The highest BCUT2D eigenvalue weighted by Crippen LogP contribution is 2.22. The number of H-pyrrole nitrogens is 2. The molecule has 0 fully saturated rings. The van der Waals surface area contributed by atoms with Crippen molar-refractivity contribution in [1.82, 2.24) is 15.4 Å². The third-order valence-electron chi connectivity index (χ3n) is 3.58. The third-order valence-corrected chi connectivity index (χ3v) is 3.79. The fourth-order valence-corrected chi connectivity index (χ4v) is 2.56. The van der Waals surface area contributed by atoms with E-state index in [1.54, 1.807) is 50.6 Å². The smallest absolute Gasteiger partial charge is 0.271 e. The normalized spacial score (nSPS) is 11.0. The van der Waals surface area contributed by atoms with Gasteiger partial charge in [0.05, 0.1) is 31.5 Å². The zero-order valence-corrected chi connectivity index (χ0v) is 14.4. The van der Waals surface area contributed by atoms with Crippen LogP contribution in [0.3, 0.4) is 0 Å². The Morgan fingerprint density at radius 3 is 2.68 bits per heavy atom. The Balaban J connectivity index is 1.76. The molecule has 0 bridgehead atoms. The van der Waals surface area contributed by atoms with E-state index < -0.39 is 0 Å². The number of methoxy groups -OCH3 is 2. The van der Waals surface area contributed by atoms with Crippen molar-refractivity contribution in [1.29, 1.82) is 0 Å². The molecule has 0 aliphatic heterocycles. The molecule has 3 rings (SSSR count). The number of hydrazone groups is 1. The van der Waals surface area contributed by atoms with E-state index in [1.807, 2.05) is 0 Å². The monoisotopic (exact) mass is 356 g/mol. The number of amides is 1. The first kappa shape index (κ1) is 16.7. The summed E-state index contributed by atoms with van der Waals surface area (Å²) in [5, 5.41) is 3.99. The van der Waals surface area contributed by atoms with Crippen molar-refractivity contribution >= 4 is 35.4 Å². The van der Waals surface area contributed by atoms with Crippen molar-refractivity contribution in [2.24, 2.45) is 5.10 Å². The molecule has 0 spiro atoms. The van der Waals surface area contributed by atoms with Crippen LogP contribution in [0.1, 0.15) is 15.9 Å². The SMILES string of the molecule is COc1ccc(OC)c(/C=N\NC(=O)c2ccc3[nH]c(=S)[nH]c3c2)c1. The number of rotatable bonds is 5. The molecule has 0 saturated carbocycles. The second kappa shape index (κ2) is 7.18. The van der Waals surface area contributed by atoms with Crippen molar-refractivity contribution in [3.8, 4) is 11.5 Å². The van der Waals surface area contributed by atoms with Crippen LogP contribution in [0.15, 0.2) is 41.5 Å². The van der Waals surface area contributed by atoms with Gasteiger partial charge < -0.3 is 19.4 Å². The van der Waals surface area contributed by atoms with Gasteiger partial charge in [-0.05, 0) is 48.6 Å². The summed E-state index contributed by atoms with van der Waals surface area (Å²) in [4.78, 5) is 18.2. The lowest BCUT2D eigenvalue weighted by Crippen LogP contribution is -2.17. The molecule has 0 radical (unpaired) electrons. The molecule has 0 saturated heterocycles. The molecule has 7 nitrogen and oxygen atoms in total. The quantitative estimate of drug-likeness (QED) is 0.372. The first-order valence-electron chi connectivity index (χ1n) is 7.38. The van der Waals surface area contributed by atoms with Crippen LogP contribution in [-0.2, 0) is 0 Å². The molecule has 1 amide bonds. The van der Waals surface area contributed by atoms with Crippen LogP contribution in [0.25, 0.3) is 11.0 Å². The maximum Gasteiger partial charge on any atom is 0.271 e. The molecule has 8 heteroatoms. The van der Waals surface area contributed by atoms with Crippen LogP contribution in [0.2, 0.25) is 0 Å². The van der Waals surface area contributed by atoms with Gasteiger partial charge in [-0.15, -0.1) is 0 Å². The lowest BCUT2D eigenvalue weighted by atomic mass is 10.2. The number of hydrogen-bond acceptors (Lipinski definition) is 5. The van der Waals surface area contributed by atoms with E-state index in [4.69, 9.17) is 21.7 Å². The number of aromatic amines is 2. The van der Waals surface area contributed by atoms with Crippen LogP contribution in [-0.4, -0.2) is 36.3 Å². The Labute approximate surface area is 148 Å². The molecule has 3 aromatic rings. The van der Waals surface area contributed by atoms with E-state index >= 15 is 0 Å². The number of benzene rings is 2. The van der Waals surface area contributed by atoms with E-state index in [0.717, 1.165) is 11.0 Å². The van der Waals surface area contributed by atoms with Gasteiger partial charge in [-0.25, -0.2) is 5.43 Å². The Hall–Kier alpha value is -3.13. The Bertz CT molecular complexity index is 1010. The fourth-order valence-electron chi connectivity index (χ4n) is 2.34. The number of aromatic nitrogens is 2. The summed E-state index contributed by atoms with van der Waals surface area (Å²) in [7, 11) is 3.14. The molecule has 0 atom stereocenters. The van der Waals surface area contributed by atoms with Crippen molar-refractivity contribution < 1.29 is 14.3 Å². The molecule has 1 aromatic heterocycles. The first-order chi connectivity index (χ1) is 12.1. The minimum absolute atomic E-state index is 0.333. The van der Waals surface area contributed by atoms with Crippen LogP contribution in [0, 0.1) is 4.77 Å². The van der Waals surface area contributed by atoms with Crippen LogP contribution in [0.4, 0.5) is 0 Å². The number of fused-ring (bicyclic) bond motifs is 1. The first-order valence-corrected chi connectivity index (χ1v) is 7.79. The molecule has 25 heavy (non-hydrogen) atoms. The zero-order valence-electron chi connectivity index (χ0n) is 13.6. The Morgan fingerprint density at radius 1 is 1.12 bits per heavy atom. The molecule has 2 aromatic carbocycles. The number of nitrogens with one attached hydrogen (secondary N) is 3. The van der Waals surface area contributed by atoms with Crippen molar-refractivity contribution in [2.45, 2.75) is 0 Å². The lowest BCUT2D eigenvalue weighted by Gasteiger charge is -2.06. The second-order valence-corrected chi connectivity index (χ2v) is 5.55. The summed E-state index contributed by atoms with van der Waals surface area (Å²) in [5.74, 6) is 0.961. The summed E-state index contributed by atoms with van der Waals surface area (Å²) >= 11 is 5.03. The minimum Gasteiger partial charge on any atom is -0.497 e. The summed E-state index contributed by atoms with van der Waals surface area (Å²) in [5.41, 5.74) is 5.24. The van der Waals surface area contributed by atoms with E-state index in [2.05, 4.69) is 20.5 Å². The molecular weight excluding hydrogens is 340 g/mol. The highest BCUT2D eigenvalue weighted by Gasteiger charge is 2.07. The molecule has 1 heterocycles. The number of hydrogen-bond donors (Lipinski definition) is 3. The Morgan fingerprint density at radius 2 is 1.92 bits per heavy atom. The second-order valence-electron chi connectivity index (χ2n) is 5.15. The number of ether oxygens (including phenoxy) is 2. The van der Waals surface area contributed by atoms with Crippen molar-refractivity contribution in [3.05, 3.63) is 52.3 Å². The van der Waals surface area contributed by atoms with Gasteiger partial charge in [-0.1, -0.05) is 0 Å². The van der Waals surface area contributed by atoms with Gasteiger partial charge in [0, 0.05) is 11.1 Å². The van der Waals surface area contributed by atoms with E-state index in [1.165, 1.54) is 6.21 Å². The predicted molar refractivity (Wildman–Crippen MR) is 98.1 cm³/mol. The summed E-state index contributed by atoms with van der Waals surface area (Å²) in [6, 6.07) is 10.5. The lowest BCUT2D eigenvalue weighted by molar-refractivity contribution is 0.0955. The summed E-state index contributed by atoms with van der Waals surface area (Å²) < 4.78 is 10.9. The average molecular weight is 356 g/mol.